The zero-order valence-electron chi connectivity index (χ0n) is 12.9. The summed E-state index contributed by atoms with van der Waals surface area (Å²) in [5.74, 6) is 0.604. The first-order chi connectivity index (χ1) is 11.1. The van der Waals surface area contributed by atoms with E-state index in [1.165, 1.54) is 4.90 Å². The van der Waals surface area contributed by atoms with Crippen molar-refractivity contribution in [2.24, 2.45) is 0 Å². The van der Waals surface area contributed by atoms with Crippen LogP contribution in [0.2, 0.25) is 0 Å². The first kappa shape index (κ1) is 15.1. The number of carbonyl (C=O) groups excluding carboxylic acids is 2. The second-order valence-electron chi connectivity index (χ2n) is 5.69. The van der Waals surface area contributed by atoms with Crippen molar-refractivity contribution in [2.45, 2.75) is 25.4 Å². The van der Waals surface area contributed by atoms with Crippen LogP contribution in [0.3, 0.4) is 0 Å². The second-order valence-corrected chi connectivity index (χ2v) is 5.69. The molecule has 0 saturated heterocycles. The maximum Gasteiger partial charge on any atom is 0.321 e. The van der Waals surface area contributed by atoms with E-state index in [-0.39, 0.29) is 11.9 Å². The summed E-state index contributed by atoms with van der Waals surface area (Å²) in [4.78, 5) is 25.7. The van der Waals surface area contributed by atoms with Crippen LogP contribution in [0.1, 0.15) is 29.0 Å². The molecular formula is C17H19N3O3. The van der Waals surface area contributed by atoms with Gasteiger partial charge in [0.1, 0.15) is 5.76 Å². The van der Waals surface area contributed by atoms with E-state index in [9.17, 15) is 9.59 Å². The molecule has 3 amide bonds. The van der Waals surface area contributed by atoms with Crippen LogP contribution in [0, 0.1) is 0 Å². The van der Waals surface area contributed by atoms with Crippen molar-refractivity contribution >= 4 is 17.6 Å². The Morgan fingerprint density at radius 3 is 2.78 bits per heavy atom. The highest BCUT2D eigenvalue weighted by Gasteiger charge is 2.23. The largest absolute Gasteiger partial charge is 0.467 e. The number of nitrogens with one attached hydrogen (secondary N) is 2. The lowest BCUT2D eigenvalue weighted by molar-refractivity contribution is 0.0951. The molecule has 0 aliphatic heterocycles. The van der Waals surface area contributed by atoms with E-state index in [0.717, 1.165) is 12.8 Å². The van der Waals surface area contributed by atoms with Gasteiger partial charge < -0.3 is 20.0 Å². The van der Waals surface area contributed by atoms with Gasteiger partial charge in [0.25, 0.3) is 5.91 Å². The standard InChI is InChI=1S/C17H19N3O3/c1-20(11-15-6-3-9-23-15)17(22)19-14-5-2-4-12(10-14)16(21)18-13-7-8-13/h2-6,9-10,13H,7-8,11H2,1H3,(H,18,21)(H,19,22). The first-order valence-electron chi connectivity index (χ1n) is 7.57. The molecule has 0 spiro atoms. The third kappa shape index (κ3) is 4.12. The van der Waals surface area contributed by atoms with Crippen molar-refractivity contribution in [3.05, 3.63) is 54.0 Å². The molecule has 1 aromatic heterocycles. The lowest BCUT2D eigenvalue weighted by Gasteiger charge is -2.17. The predicted octanol–water partition coefficient (Wildman–Crippen LogP) is 2.84. The number of carbonyl (C=O) groups is 2. The fraction of sp³-hybridized carbons (Fsp3) is 0.294. The number of hydrogen-bond donors (Lipinski definition) is 2. The number of hydrogen-bond acceptors (Lipinski definition) is 3. The third-order valence-electron chi connectivity index (χ3n) is 3.61. The molecule has 120 valence electrons. The molecule has 1 aliphatic carbocycles. The smallest absolute Gasteiger partial charge is 0.321 e. The summed E-state index contributed by atoms with van der Waals surface area (Å²) in [6, 6.07) is 10.6. The highest BCUT2D eigenvalue weighted by atomic mass is 16.3. The van der Waals surface area contributed by atoms with Gasteiger partial charge in [0.15, 0.2) is 0 Å². The summed E-state index contributed by atoms with van der Waals surface area (Å²) in [6.07, 6.45) is 3.66. The lowest BCUT2D eigenvalue weighted by atomic mass is 10.2. The molecule has 3 rings (SSSR count). The minimum Gasteiger partial charge on any atom is -0.467 e. The molecule has 23 heavy (non-hydrogen) atoms. The van der Waals surface area contributed by atoms with Gasteiger partial charge in [-0.1, -0.05) is 6.07 Å². The molecule has 1 heterocycles. The number of anilines is 1. The fourth-order valence-corrected chi connectivity index (χ4v) is 2.16. The zero-order valence-corrected chi connectivity index (χ0v) is 12.9. The Hall–Kier alpha value is -2.76. The maximum atomic E-state index is 12.2. The topological polar surface area (TPSA) is 74.6 Å². The highest BCUT2D eigenvalue weighted by molar-refractivity contribution is 5.97. The monoisotopic (exact) mass is 313 g/mol. The van der Waals surface area contributed by atoms with Gasteiger partial charge in [-0.3, -0.25) is 4.79 Å². The van der Waals surface area contributed by atoms with E-state index in [1.807, 2.05) is 6.07 Å². The Bertz CT molecular complexity index is 693. The van der Waals surface area contributed by atoms with Gasteiger partial charge in [0, 0.05) is 24.3 Å². The van der Waals surface area contributed by atoms with Crippen LogP contribution < -0.4 is 10.6 Å². The average Bonchev–Trinajstić information content (AvgIpc) is 3.20. The Morgan fingerprint density at radius 2 is 2.09 bits per heavy atom. The molecule has 0 unspecified atom stereocenters. The second kappa shape index (κ2) is 6.56. The summed E-state index contributed by atoms with van der Waals surface area (Å²) in [7, 11) is 1.68. The van der Waals surface area contributed by atoms with Crippen molar-refractivity contribution in [2.75, 3.05) is 12.4 Å². The van der Waals surface area contributed by atoms with Crippen molar-refractivity contribution in [3.8, 4) is 0 Å². The fourth-order valence-electron chi connectivity index (χ4n) is 2.16. The van der Waals surface area contributed by atoms with E-state index in [2.05, 4.69) is 10.6 Å². The van der Waals surface area contributed by atoms with Crippen LogP contribution >= 0.6 is 0 Å². The Labute approximate surface area is 134 Å². The van der Waals surface area contributed by atoms with Gasteiger partial charge in [-0.15, -0.1) is 0 Å². The van der Waals surface area contributed by atoms with Gasteiger partial charge in [-0.25, -0.2) is 4.79 Å². The van der Waals surface area contributed by atoms with Crippen LogP contribution in [0.4, 0.5) is 10.5 Å². The van der Waals surface area contributed by atoms with Crippen LogP contribution in [-0.4, -0.2) is 29.9 Å². The number of benzene rings is 1. The molecule has 6 heteroatoms. The lowest BCUT2D eigenvalue weighted by Crippen LogP contribution is -2.31. The average molecular weight is 313 g/mol. The number of furan rings is 1. The molecule has 0 radical (unpaired) electrons. The molecule has 2 N–H and O–H groups in total. The van der Waals surface area contributed by atoms with E-state index in [0.29, 0.717) is 29.6 Å². The molecule has 6 nitrogen and oxygen atoms in total. The summed E-state index contributed by atoms with van der Waals surface area (Å²) < 4.78 is 5.22. The van der Waals surface area contributed by atoms with Crippen LogP contribution in [-0.2, 0) is 6.54 Å². The molecular weight excluding hydrogens is 294 g/mol. The molecule has 2 aromatic rings. The van der Waals surface area contributed by atoms with Gasteiger partial charge >= 0.3 is 6.03 Å². The van der Waals surface area contributed by atoms with Gasteiger partial charge in [-0.2, -0.15) is 0 Å². The molecule has 1 fully saturated rings. The Kier molecular flexibility index (Phi) is 4.32. The summed E-state index contributed by atoms with van der Waals surface area (Å²) >= 11 is 0. The number of rotatable bonds is 5. The van der Waals surface area contributed by atoms with Crippen LogP contribution in [0.5, 0.6) is 0 Å². The van der Waals surface area contributed by atoms with E-state index in [1.54, 1.807) is 43.6 Å². The number of nitrogens with zero attached hydrogens (tertiary/aromatic N) is 1. The van der Waals surface area contributed by atoms with Crippen LogP contribution in [0.15, 0.2) is 47.1 Å². The molecule has 1 aliphatic rings. The molecule has 1 aromatic carbocycles. The van der Waals surface area contributed by atoms with E-state index in [4.69, 9.17) is 4.42 Å². The van der Waals surface area contributed by atoms with Crippen LogP contribution in [0.25, 0.3) is 0 Å². The Morgan fingerprint density at radius 1 is 1.26 bits per heavy atom. The maximum absolute atomic E-state index is 12.2. The molecule has 1 saturated carbocycles. The van der Waals surface area contributed by atoms with Gasteiger partial charge in [-0.05, 0) is 43.2 Å². The van der Waals surface area contributed by atoms with Gasteiger partial charge in [0.05, 0.1) is 12.8 Å². The SMILES string of the molecule is CN(Cc1ccco1)C(=O)Nc1cccc(C(=O)NC2CC2)c1. The number of amides is 3. The number of urea groups is 1. The highest BCUT2D eigenvalue weighted by Crippen LogP contribution is 2.20. The van der Waals surface area contributed by atoms with Gasteiger partial charge in [0.2, 0.25) is 0 Å². The Balaban J connectivity index is 1.60. The summed E-state index contributed by atoms with van der Waals surface area (Å²) in [6.45, 7) is 0.376. The molecule has 0 bridgehead atoms. The summed E-state index contributed by atoms with van der Waals surface area (Å²) in [5, 5.41) is 5.71. The first-order valence-corrected chi connectivity index (χ1v) is 7.57. The van der Waals surface area contributed by atoms with E-state index >= 15 is 0 Å². The summed E-state index contributed by atoms with van der Waals surface area (Å²) in [5.41, 5.74) is 1.13. The minimum absolute atomic E-state index is 0.104. The van der Waals surface area contributed by atoms with Crippen molar-refractivity contribution in [3.63, 3.8) is 0 Å². The normalized spacial score (nSPS) is 13.4. The predicted molar refractivity (Wildman–Crippen MR) is 86.1 cm³/mol. The van der Waals surface area contributed by atoms with Crippen molar-refractivity contribution in [1.29, 1.82) is 0 Å². The van der Waals surface area contributed by atoms with Crippen molar-refractivity contribution < 1.29 is 14.0 Å². The van der Waals surface area contributed by atoms with Crippen molar-refractivity contribution in [1.82, 2.24) is 10.2 Å². The quantitative estimate of drug-likeness (QED) is 0.891. The van der Waals surface area contributed by atoms with E-state index < -0.39 is 0 Å². The molecule has 0 atom stereocenters. The minimum atomic E-state index is -0.263. The third-order valence-corrected chi connectivity index (χ3v) is 3.61. The zero-order chi connectivity index (χ0) is 16.2.